The molecule has 0 spiro atoms. The molecular formula is C50H44O6. The summed E-state index contributed by atoms with van der Waals surface area (Å²) in [6.45, 7) is 6.97. The third-order valence-corrected chi connectivity index (χ3v) is 9.59. The van der Waals surface area contributed by atoms with Crippen molar-refractivity contribution in [2.24, 2.45) is 11.8 Å². The zero-order valence-electron chi connectivity index (χ0n) is 32.3. The van der Waals surface area contributed by atoms with Crippen LogP contribution in [0.5, 0.6) is 0 Å². The second-order valence-electron chi connectivity index (χ2n) is 14.0. The van der Waals surface area contributed by atoms with Gasteiger partial charge in [-0.2, -0.15) is 0 Å². The molecule has 4 unspecified atom stereocenters. The van der Waals surface area contributed by atoms with Crippen molar-refractivity contribution in [1.29, 1.82) is 0 Å². The molecule has 4 atom stereocenters. The minimum absolute atomic E-state index is 0.313. The summed E-state index contributed by atoms with van der Waals surface area (Å²) in [7, 11) is 2.86. The van der Waals surface area contributed by atoms with E-state index in [2.05, 4.69) is 71.0 Å². The SMILES string of the molecule is COC1(c2ccccc2)C#CC(O)(c2ccccc2)C#CC(O)(C(C)C)C#CC(O)(c2ccccc2)C#CC(OC)(c2ccccc2)C#CC(O)(C(C)C)C#C1. The Balaban J connectivity index is 1.95. The lowest BCUT2D eigenvalue weighted by Crippen LogP contribution is -2.36. The van der Waals surface area contributed by atoms with Gasteiger partial charge >= 0.3 is 0 Å². The molecule has 6 heteroatoms. The van der Waals surface area contributed by atoms with Crippen LogP contribution in [0, 0.1) is 82.9 Å². The van der Waals surface area contributed by atoms with Crippen molar-refractivity contribution in [2.45, 2.75) is 61.3 Å². The highest BCUT2D eigenvalue weighted by Crippen LogP contribution is 2.31. The van der Waals surface area contributed by atoms with Gasteiger partial charge in [-0.15, -0.1) is 0 Å². The fourth-order valence-corrected chi connectivity index (χ4v) is 5.58. The average Bonchev–Trinajstić information content (AvgIpc) is 3.23. The molecule has 5 rings (SSSR count). The molecular weight excluding hydrogens is 697 g/mol. The van der Waals surface area contributed by atoms with Gasteiger partial charge in [0, 0.05) is 48.3 Å². The normalized spacial score (nSPS) is 28.4. The van der Waals surface area contributed by atoms with E-state index in [1.165, 1.54) is 14.2 Å². The molecule has 0 saturated carbocycles. The van der Waals surface area contributed by atoms with Crippen LogP contribution in [0.4, 0.5) is 0 Å². The molecule has 0 aliphatic heterocycles. The lowest BCUT2D eigenvalue weighted by Gasteiger charge is -2.27. The van der Waals surface area contributed by atoms with E-state index >= 15 is 0 Å². The van der Waals surface area contributed by atoms with Crippen LogP contribution in [0.3, 0.4) is 0 Å². The molecule has 0 fully saturated rings. The van der Waals surface area contributed by atoms with E-state index in [1.54, 1.807) is 137 Å². The van der Waals surface area contributed by atoms with Gasteiger partial charge in [0.2, 0.25) is 22.4 Å². The minimum atomic E-state index is -2.19. The van der Waals surface area contributed by atoms with E-state index in [4.69, 9.17) is 9.47 Å². The predicted molar refractivity (Wildman–Crippen MR) is 217 cm³/mol. The maximum absolute atomic E-state index is 12.3. The van der Waals surface area contributed by atoms with Crippen LogP contribution in [-0.4, -0.2) is 45.8 Å². The first kappa shape index (κ1) is 41.2. The Hall–Kier alpha value is -6.00. The highest BCUT2D eigenvalue weighted by Gasteiger charge is 2.37. The lowest BCUT2D eigenvalue weighted by molar-refractivity contribution is 0.0814. The molecule has 0 saturated heterocycles. The third kappa shape index (κ3) is 8.76. The molecule has 4 aromatic carbocycles. The van der Waals surface area contributed by atoms with Crippen molar-refractivity contribution in [1.82, 2.24) is 0 Å². The Morgan fingerprint density at radius 3 is 0.857 bits per heavy atom. The van der Waals surface area contributed by atoms with Crippen LogP contribution >= 0.6 is 0 Å². The van der Waals surface area contributed by atoms with Crippen molar-refractivity contribution in [3.8, 4) is 71.0 Å². The third-order valence-electron chi connectivity index (χ3n) is 9.59. The molecule has 1 aliphatic carbocycles. The quantitative estimate of drug-likeness (QED) is 0.174. The summed E-state index contributed by atoms with van der Waals surface area (Å²) in [6, 6.07) is 35.1. The zero-order chi connectivity index (χ0) is 40.5. The zero-order valence-corrected chi connectivity index (χ0v) is 32.3. The molecule has 0 bridgehead atoms. The molecule has 0 radical (unpaired) electrons. The molecule has 4 N–H and O–H groups in total. The van der Waals surface area contributed by atoms with E-state index in [-0.39, 0.29) is 0 Å². The fraction of sp³-hybridized carbons (Fsp3) is 0.280. The largest absolute Gasteiger partial charge is 0.367 e. The number of ether oxygens (including phenoxy) is 2. The fourth-order valence-electron chi connectivity index (χ4n) is 5.58. The van der Waals surface area contributed by atoms with Gasteiger partial charge in [-0.05, 0) is 47.4 Å². The maximum Gasteiger partial charge on any atom is 0.216 e. The summed E-state index contributed by atoms with van der Waals surface area (Å²) in [4.78, 5) is 0. The van der Waals surface area contributed by atoms with Gasteiger partial charge in [0.15, 0.2) is 11.2 Å². The number of hydrogen-bond acceptors (Lipinski definition) is 6. The highest BCUT2D eigenvalue weighted by molar-refractivity contribution is 5.53. The van der Waals surface area contributed by atoms with Crippen LogP contribution in [0.2, 0.25) is 0 Å². The second-order valence-corrected chi connectivity index (χ2v) is 14.0. The number of benzene rings is 4. The van der Waals surface area contributed by atoms with Crippen molar-refractivity contribution >= 4 is 0 Å². The topological polar surface area (TPSA) is 99.4 Å². The van der Waals surface area contributed by atoms with Gasteiger partial charge in [0.25, 0.3) is 0 Å². The summed E-state index contributed by atoms with van der Waals surface area (Å²) < 4.78 is 12.1. The second kappa shape index (κ2) is 16.8. The Labute approximate surface area is 330 Å². The maximum atomic E-state index is 12.3. The Morgan fingerprint density at radius 2 is 0.589 bits per heavy atom. The molecule has 4 aromatic rings. The summed E-state index contributed by atoms with van der Waals surface area (Å²) >= 11 is 0. The van der Waals surface area contributed by atoms with Crippen LogP contribution < -0.4 is 0 Å². The van der Waals surface area contributed by atoms with Gasteiger partial charge in [-0.25, -0.2) is 0 Å². The summed E-state index contributed by atoms with van der Waals surface area (Å²) in [5, 5.41) is 49.0. The van der Waals surface area contributed by atoms with Crippen LogP contribution in [-0.2, 0) is 31.9 Å². The van der Waals surface area contributed by atoms with E-state index in [9.17, 15) is 20.4 Å². The first-order valence-electron chi connectivity index (χ1n) is 18.1. The summed E-state index contributed by atoms with van der Waals surface area (Å²) in [6.07, 6.45) is 0. The number of methoxy groups -OCH3 is 2. The van der Waals surface area contributed by atoms with Gasteiger partial charge in [0.1, 0.15) is 0 Å². The lowest BCUT2D eigenvalue weighted by atomic mass is 9.84. The molecule has 6 nitrogen and oxygen atoms in total. The molecule has 56 heavy (non-hydrogen) atoms. The van der Waals surface area contributed by atoms with Crippen LogP contribution in [0.15, 0.2) is 121 Å². The number of hydrogen-bond donors (Lipinski definition) is 4. The van der Waals surface area contributed by atoms with Gasteiger partial charge in [-0.1, -0.05) is 173 Å². The molecule has 0 heterocycles. The van der Waals surface area contributed by atoms with Crippen LogP contribution in [0.25, 0.3) is 0 Å². The highest BCUT2D eigenvalue weighted by atomic mass is 16.5. The molecule has 0 aromatic heterocycles. The predicted octanol–water partition coefficient (Wildman–Crippen LogP) is 5.65. The van der Waals surface area contributed by atoms with Gasteiger partial charge in [-0.3, -0.25) is 0 Å². The van der Waals surface area contributed by atoms with Crippen molar-refractivity contribution < 1.29 is 29.9 Å². The Kier molecular flexibility index (Phi) is 12.3. The molecule has 0 amide bonds. The average molecular weight is 741 g/mol. The molecule has 280 valence electrons. The first-order chi connectivity index (χ1) is 26.7. The number of rotatable bonds is 8. The van der Waals surface area contributed by atoms with Gasteiger partial charge < -0.3 is 29.9 Å². The van der Waals surface area contributed by atoms with E-state index in [1.807, 2.05) is 12.1 Å². The first-order valence-corrected chi connectivity index (χ1v) is 18.1. The van der Waals surface area contributed by atoms with Crippen LogP contribution in [0.1, 0.15) is 49.9 Å². The van der Waals surface area contributed by atoms with Crippen molar-refractivity contribution in [3.05, 3.63) is 144 Å². The standard InChI is InChI=1S/C50H44O6/c1-39(2)45(51)27-29-47(53,41-19-11-7-12-20-41)33-37-49(55-5,43-23-15-9-16-24-43)35-31-46(52,40(3)4)32-36-50(56-6,44-25-17-10-18-26-44)38-34-48(54,30-28-45)42-21-13-8-14-22-42/h7-26,39-40,51-54H,1-6H3. The van der Waals surface area contributed by atoms with Crippen molar-refractivity contribution in [3.63, 3.8) is 0 Å². The summed E-state index contributed by atoms with van der Waals surface area (Å²) in [5.74, 6) is 34.0. The van der Waals surface area contributed by atoms with E-state index in [0.29, 0.717) is 22.3 Å². The van der Waals surface area contributed by atoms with E-state index in [0.717, 1.165) is 0 Å². The number of aliphatic hydroxyl groups is 4. The monoisotopic (exact) mass is 740 g/mol. The smallest absolute Gasteiger partial charge is 0.216 e. The molecule has 1 aliphatic rings. The van der Waals surface area contributed by atoms with Gasteiger partial charge in [0.05, 0.1) is 0 Å². The van der Waals surface area contributed by atoms with Crippen molar-refractivity contribution in [2.75, 3.05) is 14.2 Å². The Morgan fingerprint density at radius 1 is 0.357 bits per heavy atom. The van der Waals surface area contributed by atoms with E-state index < -0.39 is 45.4 Å². The Bertz CT molecular complexity index is 2230. The minimum Gasteiger partial charge on any atom is -0.367 e. The summed E-state index contributed by atoms with van der Waals surface area (Å²) in [5.41, 5.74) is -10.2.